The number of amides is 1. The zero-order valence-corrected chi connectivity index (χ0v) is 24.6. The van der Waals surface area contributed by atoms with E-state index < -0.39 is 39.2 Å². The summed E-state index contributed by atoms with van der Waals surface area (Å²) in [6.45, 7) is 11.7. The fourth-order valence-corrected chi connectivity index (χ4v) is 4.96. The summed E-state index contributed by atoms with van der Waals surface area (Å²) in [7, 11) is -4.34. The molecule has 0 fully saturated rings. The predicted molar refractivity (Wildman–Crippen MR) is 156 cm³/mol. The Bertz CT molecular complexity index is 1520. The summed E-state index contributed by atoms with van der Waals surface area (Å²) in [5, 5.41) is 2.29. The number of nitrogens with one attached hydrogen (secondary N) is 2. The zero-order valence-electron chi connectivity index (χ0n) is 23.8. The number of sulfonamides is 1. The number of carbonyl (C=O) groups is 1. The molecule has 0 saturated carbocycles. The minimum Gasteiger partial charge on any atom is -0.444 e. The fourth-order valence-electron chi connectivity index (χ4n) is 4.00. The monoisotopic (exact) mass is 605 g/mol. The number of hydrogen-bond donors (Lipinski definition) is 2. The van der Waals surface area contributed by atoms with Crippen LogP contribution < -0.4 is 14.9 Å². The van der Waals surface area contributed by atoms with Crippen LogP contribution in [0.4, 0.5) is 29.6 Å². The molecule has 42 heavy (non-hydrogen) atoms. The lowest BCUT2D eigenvalue weighted by atomic mass is 9.98. The van der Waals surface area contributed by atoms with Gasteiger partial charge >= 0.3 is 12.3 Å². The number of alkyl carbamates (subject to hydrolysis) is 1. The van der Waals surface area contributed by atoms with Crippen LogP contribution in [0.15, 0.2) is 72.3 Å². The maximum Gasteiger partial charge on any atom is 0.418 e. The standard InChI is InChI=1S/C29H34F3N5O4S/c1-6-11-20-12-8-9-13-21(20)26-22(29(30,31)32)16-17-23(34-26)36-42(39,40)25-15-10-14-24(35-25)37(7-2)19-18-33-27(38)41-28(3,4)5/h6,8-10,12-17H,1,7,11,18-19H2,2-5H3,(H,33,38)(H,34,36). The molecule has 1 aromatic carbocycles. The van der Waals surface area contributed by atoms with Crippen LogP contribution in [0.5, 0.6) is 0 Å². The SMILES string of the molecule is C=CCc1ccccc1-c1nc(NS(=O)(=O)c2cccc(N(CC)CCNC(=O)OC(C)(C)C)n2)ccc1C(F)(F)F. The highest BCUT2D eigenvalue weighted by molar-refractivity contribution is 7.92. The molecule has 9 nitrogen and oxygen atoms in total. The van der Waals surface area contributed by atoms with Crippen molar-refractivity contribution < 1.29 is 31.1 Å². The minimum atomic E-state index is -4.72. The average molecular weight is 606 g/mol. The number of hydrogen-bond acceptors (Lipinski definition) is 7. The van der Waals surface area contributed by atoms with Crippen molar-refractivity contribution in [3.63, 3.8) is 0 Å². The summed E-state index contributed by atoms with van der Waals surface area (Å²) in [5.74, 6) is 0.0262. The number of halogens is 3. The van der Waals surface area contributed by atoms with Crippen molar-refractivity contribution in [3.8, 4) is 11.3 Å². The summed E-state index contributed by atoms with van der Waals surface area (Å²) < 4.78 is 75.7. The Labute approximate surface area is 243 Å². The van der Waals surface area contributed by atoms with Crippen LogP contribution in [0.1, 0.15) is 38.8 Å². The van der Waals surface area contributed by atoms with Gasteiger partial charge < -0.3 is 15.0 Å². The number of pyridine rings is 2. The van der Waals surface area contributed by atoms with Crippen LogP contribution in [0, 0.1) is 0 Å². The second-order valence-electron chi connectivity index (χ2n) is 10.2. The quantitative estimate of drug-likeness (QED) is 0.256. The first-order chi connectivity index (χ1) is 19.6. The highest BCUT2D eigenvalue weighted by Crippen LogP contribution is 2.38. The molecular formula is C29H34F3N5O4S. The Morgan fingerprint density at radius 1 is 1.05 bits per heavy atom. The van der Waals surface area contributed by atoms with E-state index in [1.165, 1.54) is 18.2 Å². The van der Waals surface area contributed by atoms with Crippen molar-refractivity contribution >= 4 is 27.8 Å². The molecular weight excluding hydrogens is 571 g/mol. The molecule has 0 aliphatic heterocycles. The van der Waals surface area contributed by atoms with Crippen LogP contribution in [0.2, 0.25) is 0 Å². The lowest BCUT2D eigenvalue weighted by Crippen LogP contribution is -2.38. The van der Waals surface area contributed by atoms with Crippen LogP contribution in [-0.4, -0.2) is 49.7 Å². The molecule has 3 rings (SSSR count). The maximum atomic E-state index is 13.9. The number of anilines is 2. The number of nitrogens with zero attached hydrogens (tertiary/aromatic N) is 3. The normalized spacial score (nSPS) is 12.0. The number of carbonyl (C=O) groups excluding carboxylic acids is 1. The van der Waals surface area contributed by atoms with Gasteiger partial charge in [0, 0.05) is 25.2 Å². The molecule has 13 heteroatoms. The molecule has 0 bridgehead atoms. The Morgan fingerprint density at radius 3 is 2.40 bits per heavy atom. The number of rotatable bonds is 11. The molecule has 1 amide bonds. The summed E-state index contributed by atoms with van der Waals surface area (Å²) in [6, 6.07) is 12.6. The van der Waals surface area contributed by atoms with E-state index in [9.17, 15) is 26.4 Å². The first kappa shape index (κ1) is 32.4. The van der Waals surface area contributed by atoms with Crippen molar-refractivity contribution in [2.75, 3.05) is 29.3 Å². The van der Waals surface area contributed by atoms with E-state index in [1.54, 1.807) is 56.0 Å². The molecule has 3 aromatic rings. The number of ether oxygens (including phenoxy) is 1. The molecule has 226 valence electrons. The third-order valence-electron chi connectivity index (χ3n) is 5.82. The number of allylic oxidation sites excluding steroid dienone is 1. The lowest BCUT2D eigenvalue weighted by Gasteiger charge is -2.24. The van der Waals surface area contributed by atoms with Crippen LogP contribution in [0.25, 0.3) is 11.3 Å². The van der Waals surface area contributed by atoms with Crippen LogP contribution in [-0.2, 0) is 27.4 Å². The molecule has 2 N–H and O–H groups in total. The molecule has 0 spiro atoms. The largest absolute Gasteiger partial charge is 0.444 e. The topological polar surface area (TPSA) is 114 Å². The molecule has 0 aliphatic carbocycles. The second-order valence-corrected chi connectivity index (χ2v) is 11.8. The van der Waals surface area contributed by atoms with Crippen LogP contribution >= 0.6 is 0 Å². The van der Waals surface area contributed by atoms with E-state index >= 15 is 0 Å². The Morgan fingerprint density at radius 2 is 1.76 bits per heavy atom. The Hall–Kier alpha value is -4.13. The van der Waals surface area contributed by atoms with E-state index in [-0.39, 0.29) is 23.0 Å². The number of likely N-dealkylation sites (N-methyl/N-ethyl adjacent to an activating group) is 1. The van der Waals surface area contributed by atoms with Gasteiger partial charge in [0.2, 0.25) is 0 Å². The van der Waals surface area contributed by atoms with E-state index in [4.69, 9.17) is 4.74 Å². The average Bonchev–Trinajstić information content (AvgIpc) is 2.90. The minimum absolute atomic E-state index is 0.212. The van der Waals surface area contributed by atoms with Gasteiger partial charge in [-0.3, -0.25) is 4.72 Å². The van der Waals surface area contributed by atoms with Crippen molar-refractivity contribution in [2.45, 2.75) is 50.9 Å². The van der Waals surface area contributed by atoms with E-state index in [0.717, 1.165) is 12.1 Å². The lowest BCUT2D eigenvalue weighted by molar-refractivity contribution is -0.137. The predicted octanol–water partition coefficient (Wildman–Crippen LogP) is 6.04. The third-order valence-corrected chi connectivity index (χ3v) is 7.07. The van der Waals surface area contributed by atoms with E-state index in [0.29, 0.717) is 30.9 Å². The molecule has 0 unspecified atom stereocenters. The van der Waals surface area contributed by atoms with Gasteiger partial charge in [-0.15, -0.1) is 6.58 Å². The summed E-state index contributed by atoms with van der Waals surface area (Å²) in [4.78, 5) is 22.0. The summed E-state index contributed by atoms with van der Waals surface area (Å²) in [6.07, 6.45) is -3.45. The van der Waals surface area contributed by atoms with Crippen molar-refractivity contribution in [1.82, 2.24) is 15.3 Å². The summed E-state index contributed by atoms with van der Waals surface area (Å²) >= 11 is 0. The van der Waals surface area contributed by atoms with Crippen molar-refractivity contribution in [1.29, 1.82) is 0 Å². The Balaban J connectivity index is 1.87. The first-order valence-corrected chi connectivity index (χ1v) is 14.6. The number of aromatic nitrogens is 2. The molecule has 2 heterocycles. The van der Waals surface area contributed by atoms with Gasteiger partial charge in [0.05, 0.1) is 11.3 Å². The highest BCUT2D eigenvalue weighted by atomic mass is 32.2. The van der Waals surface area contributed by atoms with E-state index in [2.05, 4.69) is 26.6 Å². The maximum absolute atomic E-state index is 13.9. The van der Waals surface area contributed by atoms with Crippen molar-refractivity contribution in [3.05, 3.63) is 78.4 Å². The number of alkyl halides is 3. The van der Waals surface area contributed by atoms with Gasteiger partial charge in [-0.05, 0) is 63.9 Å². The van der Waals surface area contributed by atoms with Gasteiger partial charge in [0.1, 0.15) is 17.2 Å². The molecule has 0 saturated heterocycles. The van der Waals surface area contributed by atoms with Gasteiger partial charge in [0.15, 0.2) is 5.03 Å². The zero-order chi connectivity index (χ0) is 31.1. The Kier molecular flexibility index (Phi) is 10.2. The fraction of sp³-hybridized carbons (Fsp3) is 0.345. The molecule has 0 aliphatic rings. The van der Waals surface area contributed by atoms with Crippen molar-refractivity contribution in [2.24, 2.45) is 0 Å². The first-order valence-electron chi connectivity index (χ1n) is 13.1. The van der Waals surface area contributed by atoms with Gasteiger partial charge in [-0.1, -0.05) is 36.4 Å². The second kappa shape index (κ2) is 13.2. The smallest absolute Gasteiger partial charge is 0.418 e. The molecule has 0 atom stereocenters. The van der Waals surface area contributed by atoms with Gasteiger partial charge in [0.25, 0.3) is 10.0 Å². The molecule has 0 radical (unpaired) electrons. The van der Waals surface area contributed by atoms with Gasteiger partial charge in [-0.2, -0.15) is 21.6 Å². The molecule has 2 aromatic heterocycles. The van der Waals surface area contributed by atoms with Gasteiger partial charge in [-0.25, -0.2) is 14.8 Å². The number of benzene rings is 1. The third kappa shape index (κ3) is 8.68. The van der Waals surface area contributed by atoms with Crippen LogP contribution in [0.3, 0.4) is 0 Å². The van der Waals surface area contributed by atoms with E-state index in [1.807, 2.05) is 6.92 Å². The highest BCUT2D eigenvalue weighted by Gasteiger charge is 2.35. The summed E-state index contributed by atoms with van der Waals surface area (Å²) in [5.41, 5.74) is -1.29.